The van der Waals surface area contributed by atoms with Gasteiger partial charge in [0.25, 0.3) is 0 Å². The van der Waals surface area contributed by atoms with Crippen LogP contribution in [-0.4, -0.2) is 113 Å². The van der Waals surface area contributed by atoms with Crippen LogP contribution in [0.5, 0.6) is 5.75 Å². The van der Waals surface area contributed by atoms with Crippen molar-refractivity contribution in [3.05, 3.63) is 66.2 Å². The standard InChI is InChI=1S/C29H39NO9/c31-14-11-30-12-15-32-17-19-34-26-25-24(21-36-28(39-25)22-7-3-1-4-8-22)38-29(37-23-9-5-2-6-10-23)27(26)35-20-18-33-16-13-30/h1-10,24-29,31H,11-21H2/t24-,25-,26+,27-,28?,29-/m1/s1. The predicted octanol–water partition coefficient (Wildman–Crippen LogP) is 2.02. The molecule has 0 spiro atoms. The Hall–Kier alpha value is -2.12. The predicted molar refractivity (Wildman–Crippen MR) is 140 cm³/mol. The second-order valence-corrected chi connectivity index (χ2v) is 9.61. The molecule has 214 valence electrons. The molecule has 10 nitrogen and oxygen atoms in total. The molecule has 3 fully saturated rings. The summed E-state index contributed by atoms with van der Waals surface area (Å²) in [5.74, 6) is 0.669. The number of aliphatic hydroxyl groups is 1. The average Bonchev–Trinajstić information content (AvgIpc) is 2.98. The number of rotatable bonds is 5. The van der Waals surface area contributed by atoms with Gasteiger partial charge in [-0.1, -0.05) is 48.5 Å². The van der Waals surface area contributed by atoms with Crippen LogP contribution >= 0.6 is 0 Å². The Morgan fingerprint density at radius 2 is 1.38 bits per heavy atom. The molecule has 0 saturated carbocycles. The summed E-state index contributed by atoms with van der Waals surface area (Å²) in [7, 11) is 0. The zero-order chi connectivity index (χ0) is 26.7. The van der Waals surface area contributed by atoms with Gasteiger partial charge >= 0.3 is 0 Å². The molecule has 3 aliphatic rings. The van der Waals surface area contributed by atoms with E-state index in [1.165, 1.54) is 0 Å². The zero-order valence-electron chi connectivity index (χ0n) is 22.2. The smallest absolute Gasteiger partial charge is 0.229 e. The van der Waals surface area contributed by atoms with E-state index in [-0.39, 0.29) is 6.61 Å². The maximum Gasteiger partial charge on any atom is 0.229 e. The minimum Gasteiger partial charge on any atom is -0.462 e. The van der Waals surface area contributed by atoms with Crippen LogP contribution in [0.1, 0.15) is 11.9 Å². The summed E-state index contributed by atoms with van der Waals surface area (Å²) in [6, 6.07) is 19.4. The van der Waals surface area contributed by atoms with Gasteiger partial charge in [0.1, 0.15) is 30.2 Å². The molecule has 5 rings (SSSR count). The maximum atomic E-state index is 9.35. The van der Waals surface area contributed by atoms with E-state index in [1.807, 2.05) is 60.7 Å². The zero-order valence-corrected chi connectivity index (χ0v) is 22.2. The van der Waals surface area contributed by atoms with Crippen LogP contribution in [0.4, 0.5) is 0 Å². The summed E-state index contributed by atoms with van der Waals surface area (Å²) in [6.07, 6.45) is -3.21. The number of hydrogen-bond acceptors (Lipinski definition) is 10. The fourth-order valence-corrected chi connectivity index (χ4v) is 4.97. The van der Waals surface area contributed by atoms with E-state index in [4.69, 9.17) is 37.9 Å². The van der Waals surface area contributed by atoms with Gasteiger partial charge in [0.05, 0.1) is 52.9 Å². The summed E-state index contributed by atoms with van der Waals surface area (Å²) in [5, 5.41) is 9.35. The molecule has 39 heavy (non-hydrogen) atoms. The third-order valence-corrected chi connectivity index (χ3v) is 6.95. The van der Waals surface area contributed by atoms with Gasteiger partial charge in [0.2, 0.25) is 6.29 Å². The van der Waals surface area contributed by atoms with Gasteiger partial charge in [-0.15, -0.1) is 0 Å². The lowest BCUT2D eigenvalue weighted by Gasteiger charge is -2.48. The van der Waals surface area contributed by atoms with Crippen molar-refractivity contribution in [1.82, 2.24) is 4.90 Å². The second kappa shape index (κ2) is 15.0. The topological polar surface area (TPSA) is 97.3 Å². The Balaban J connectivity index is 1.33. The lowest BCUT2D eigenvalue weighted by atomic mass is 9.97. The van der Waals surface area contributed by atoms with Crippen molar-refractivity contribution in [2.24, 2.45) is 0 Å². The monoisotopic (exact) mass is 545 g/mol. The number of para-hydroxylation sites is 1. The van der Waals surface area contributed by atoms with Crippen LogP contribution in [0, 0.1) is 0 Å². The van der Waals surface area contributed by atoms with E-state index >= 15 is 0 Å². The Morgan fingerprint density at radius 3 is 2.08 bits per heavy atom. The van der Waals surface area contributed by atoms with E-state index in [0.29, 0.717) is 71.6 Å². The molecule has 6 atom stereocenters. The molecule has 1 unspecified atom stereocenters. The van der Waals surface area contributed by atoms with Crippen LogP contribution in [0.3, 0.4) is 0 Å². The fourth-order valence-electron chi connectivity index (χ4n) is 4.97. The molecular weight excluding hydrogens is 506 g/mol. The molecule has 0 bridgehead atoms. The van der Waals surface area contributed by atoms with Crippen LogP contribution in [0.25, 0.3) is 0 Å². The molecule has 0 amide bonds. The van der Waals surface area contributed by atoms with Crippen molar-refractivity contribution >= 4 is 0 Å². The Bertz CT molecular complexity index is 952. The Kier molecular flexibility index (Phi) is 11.0. The van der Waals surface area contributed by atoms with Gasteiger partial charge in [0, 0.05) is 25.2 Å². The fraction of sp³-hybridized carbons (Fsp3) is 0.586. The van der Waals surface area contributed by atoms with E-state index < -0.39 is 37.0 Å². The van der Waals surface area contributed by atoms with Crippen LogP contribution in [-0.2, 0) is 33.2 Å². The number of ether oxygens (including phenoxy) is 8. The van der Waals surface area contributed by atoms with Gasteiger partial charge in [-0.3, -0.25) is 4.90 Å². The average molecular weight is 546 g/mol. The van der Waals surface area contributed by atoms with Gasteiger partial charge in [0.15, 0.2) is 6.29 Å². The summed E-state index contributed by atoms with van der Waals surface area (Å²) < 4.78 is 49.7. The van der Waals surface area contributed by atoms with Crippen LogP contribution in [0.15, 0.2) is 60.7 Å². The molecular formula is C29H39NO9. The molecule has 2 aromatic rings. The number of hydrogen-bond donors (Lipinski definition) is 1. The van der Waals surface area contributed by atoms with Crippen molar-refractivity contribution < 1.29 is 43.0 Å². The van der Waals surface area contributed by atoms with Gasteiger partial charge in [-0.25, -0.2) is 0 Å². The Labute approximate surface area is 229 Å². The number of β-amino-alcohol motifs (C(OH)–C–C–N with tert-alkyl or cyclic N) is 1. The first kappa shape index (κ1) is 28.4. The van der Waals surface area contributed by atoms with Crippen molar-refractivity contribution in [2.45, 2.75) is 37.0 Å². The molecule has 10 heteroatoms. The summed E-state index contributed by atoms with van der Waals surface area (Å²) in [4.78, 5) is 2.11. The molecule has 3 aliphatic heterocycles. The molecule has 3 saturated heterocycles. The van der Waals surface area contributed by atoms with E-state index in [0.717, 1.165) is 5.56 Å². The summed E-state index contributed by atoms with van der Waals surface area (Å²) in [6.45, 7) is 4.94. The first-order valence-corrected chi connectivity index (χ1v) is 13.7. The van der Waals surface area contributed by atoms with Gasteiger partial charge in [-0.05, 0) is 12.1 Å². The van der Waals surface area contributed by atoms with Crippen molar-refractivity contribution in [1.29, 1.82) is 0 Å². The van der Waals surface area contributed by atoms with Crippen molar-refractivity contribution in [2.75, 3.05) is 72.5 Å². The lowest BCUT2D eigenvalue weighted by Crippen LogP contribution is -2.64. The molecule has 2 aromatic carbocycles. The third kappa shape index (κ3) is 7.97. The minimum absolute atomic E-state index is 0.0919. The van der Waals surface area contributed by atoms with Gasteiger partial charge in [-0.2, -0.15) is 0 Å². The molecule has 0 aromatic heterocycles. The van der Waals surface area contributed by atoms with Crippen molar-refractivity contribution in [3.63, 3.8) is 0 Å². The molecule has 0 radical (unpaired) electrons. The van der Waals surface area contributed by atoms with E-state index in [9.17, 15) is 5.11 Å². The first-order chi connectivity index (χ1) is 19.3. The summed E-state index contributed by atoms with van der Waals surface area (Å²) >= 11 is 0. The number of benzene rings is 2. The van der Waals surface area contributed by atoms with Gasteiger partial charge < -0.3 is 43.0 Å². The van der Waals surface area contributed by atoms with E-state index in [1.54, 1.807) is 0 Å². The maximum absolute atomic E-state index is 9.35. The Morgan fingerprint density at radius 1 is 0.718 bits per heavy atom. The third-order valence-electron chi connectivity index (χ3n) is 6.95. The van der Waals surface area contributed by atoms with Crippen molar-refractivity contribution in [3.8, 4) is 5.75 Å². The highest BCUT2D eigenvalue weighted by Crippen LogP contribution is 2.37. The SMILES string of the molecule is OCCN1CCOCCO[C@@H]2[C@@H](OCCOCC1)[C@H](Oc1ccccc1)O[C@@H]1COC(c3ccccc3)O[C@@H]21. The number of nitrogens with zero attached hydrogens (tertiary/aromatic N) is 1. The van der Waals surface area contributed by atoms with Crippen LogP contribution in [0.2, 0.25) is 0 Å². The molecule has 3 heterocycles. The molecule has 0 aliphatic carbocycles. The number of fused-ring (bicyclic) bond motifs is 3. The highest BCUT2D eigenvalue weighted by atomic mass is 16.8. The second-order valence-electron chi connectivity index (χ2n) is 9.61. The van der Waals surface area contributed by atoms with E-state index in [2.05, 4.69) is 4.90 Å². The number of aliphatic hydroxyl groups excluding tert-OH is 1. The largest absolute Gasteiger partial charge is 0.462 e. The minimum atomic E-state index is -0.740. The lowest BCUT2D eigenvalue weighted by molar-refractivity contribution is -0.360. The molecule has 1 N–H and O–H groups in total. The summed E-state index contributed by atoms with van der Waals surface area (Å²) in [5.41, 5.74) is 0.928. The highest BCUT2D eigenvalue weighted by Gasteiger charge is 2.52. The first-order valence-electron chi connectivity index (χ1n) is 13.7. The highest BCUT2D eigenvalue weighted by molar-refractivity contribution is 5.21. The normalized spacial score (nSPS) is 31.7. The quantitative estimate of drug-likeness (QED) is 0.601. The van der Waals surface area contributed by atoms with Crippen LogP contribution < -0.4 is 4.74 Å².